The molecule has 4 aliphatic heterocycles. The van der Waals surface area contributed by atoms with Gasteiger partial charge in [0, 0.05) is 74.9 Å². The van der Waals surface area contributed by atoms with Crippen LogP contribution in [0.25, 0.3) is 16.5 Å². The third-order valence-corrected chi connectivity index (χ3v) is 14.9. The maximum Gasteiger partial charge on any atom is 0.275 e. The topological polar surface area (TPSA) is 218 Å². The quantitative estimate of drug-likeness (QED) is 0.147. The van der Waals surface area contributed by atoms with Crippen LogP contribution in [0.2, 0.25) is 0 Å². The largest absolute Gasteiger partial charge is 0.495 e. The number of carbonyl (C=O) groups excluding carboxylic acids is 4. The van der Waals surface area contributed by atoms with Crippen molar-refractivity contribution in [1.82, 2.24) is 54.9 Å². The van der Waals surface area contributed by atoms with E-state index in [1.807, 2.05) is 43.1 Å². The summed E-state index contributed by atoms with van der Waals surface area (Å²) >= 11 is 0. The van der Waals surface area contributed by atoms with Crippen molar-refractivity contribution >= 4 is 57.5 Å². The molecule has 3 saturated heterocycles. The molecule has 20 heteroatoms. The number of piperidine rings is 2. The number of nitrogens with zero attached hydrogens (tertiary/aromatic N) is 11. The molecule has 4 fully saturated rings. The van der Waals surface area contributed by atoms with E-state index in [1.54, 1.807) is 25.3 Å². The van der Waals surface area contributed by atoms with E-state index >= 15 is 0 Å². The Morgan fingerprint density at radius 2 is 1.67 bits per heavy atom. The first-order valence-corrected chi connectivity index (χ1v) is 24.9. The fraction of sp³-hybridized carbons (Fsp3) is 0.520. The van der Waals surface area contributed by atoms with Gasteiger partial charge in [0.1, 0.15) is 23.3 Å². The number of aryl methyl sites for hydroxylation is 2. The summed E-state index contributed by atoms with van der Waals surface area (Å²) in [5.74, 6) is 3.10. The Morgan fingerprint density at radius 3 is 2.41 bits per heavy atom. The Kier molecular flexibility index (Phi) is 13.2. The zero-order valence-corrected chi connectivity index (χ0v) is 40.4. The number of hydrogen-bond acceptors (Lipinski definition) is 15. The number of imide groups is 1. The van der Waals surface area contributed by atoms with Gasteiger partial charge in [-0.05, 0) is 94.7 Å². The average molecular weight is 955 g/mol. The van der Waals surface area contributed by atoms with Crippen molar-refractivity contribution in [3.8, 4) is 11.4 Å². The summed E-state index contributed by atoms with van der Waals surface area (Å²) in [7, 11) is 1.58. The zero-order valence-electron chi connectivity index (χ0n) is 40.4. The monoisotopic (exact) mass is 954 g/mol. The molecule has 2 aromatic carbocycles. The van der Waals surface area contributed by atoms with E-state index in [2.05, 4.69) is 57.4 Å². The number of ether oxygens (including phenoxy) is 1. The molecule has 0 spiro atoms. The van der Waals surface area contributed by atoms with Crippen LogP contribution < -0.4 is 36.0 Å². The molecular weight excluding hydrogens is 893 g/mol. The second kappa shape index (κ2) is 19.8. The Balaban J connectivity index is 0.715. The molecule has 1 saturated carbocycles. The first kappa shape index (κ1) is 46.8. The lowest BCUT2D eigenvalue weighted by Crippen LogP contribution is -2.52. The van der Waals surface area contributed by atoms with Crippen LogP contribution in [0, 0.1) is 19.8 Å². The van der Waals surface area contributed by atoms with Crippen LogP contribution >= 0.6 is 0 Å². The minimum atomic E-state index is -0.822. The maximum absolute atomic E-state index is 13.6. The van der Waals surface area contributed by atoms with Gasteiger partial charge >= 0.3 is 0 Å². The number of nitrogens with one attached hydrogen (secondary N) is 3. The van der Waals surface area contributed by atoms with Gasteiger partial charge in [-0.3, -0.25) is 38.8 Å². The number of hydrogen-bond donors (Lipinski definition) is 3. The normalized spacial score (nSPS) is 20.3. The minimum absolute atomic E-state index is 0.0452. The number of likely N-dealkylation sites (tertiary alicyclic amines) is 1. The van der Waals surface area contributed by atoms with Crippen molar-refractivity contribution in [3.63, 3.8) is 0 Å². The molecule has 7 heterocycles. The van der Waals surface area contributed by atoms with E-state index in [1.165, 1.54) is 36.8 Å². The standard InChI is InChI=1S/C50H62N14O6/c1-5-39-46-57-56-31(3)63(46)41-27-51-50(55-45(41)62(39)28-32-9-7-6-8-10-32)53-38-14-11-33(25-42(38)70-4)47(67)52-34-17-19-61(20-18-34)44(66)29-59-21-23-60(24-22-59)35-12-13-36-37(26-35)30(2)58-64(49(36)69)40-15-16-43(65)54-48(40)68/h11-14,25-27,32,34,39-40H,5-10,15-24,28-29H2,1-4H3,(H,52,67)(H,51,53,55)(H,54,65,68)/t39-,40?/m1/s1. The molecule has 10 rings (SSSR count). The highest BCUT2D eigenvalue weighted by atomic mass is 16.5. The van der Waals surface area contributed by atoms with E-state index < -0.39 is 11.9 Å². The fourth-order valence-electron chi connectivity index (χ4n) is 11.0. The predicted octanol–water partition coefficient (Wildman–Crippen LogP) is 4.51. The van der Waals surface area contributed by atoms with Gasteiger partial charge in [-0.25, -0.2) is 9.67 Å². The van der Waals surface area contributed by atoms with E-state index in [4.69, 9.17) is 14.7 Å². The van der Waals surface area contributed by atoms with Crippen LogP contribution in [0.4, 0.5) is 23.1 Å². The predicted molar refractivity (Wildman–Crippen MR) is 263 cm³/mol. The smallest absolute Gasteiger partial charge is 0.275 e. The van der Waals surface area contributed by atoms with Crippen molar-refractivity contribution < 1.29 is 23.9 Å². The molecule has 1 aliphatic carbocycles. The lowest BCUT2D eigenvalue weighted by atomic mass is 9.88. The van der Waals surface area contributed by atoms with Gasteiger partial charge in [-0.1, -0.05) is 26.2 Å². The third kappa shape index (κ3) is 9.27. The Hall–Kier alpha value is -6.96. The Bertz CT molecular complexity index is 2880. The van der Waals surface area contributed by atoms with E-state index in [9.17, 15) is 24.0 Å². The number of methoxy groups -OCH3 is 1. The van der Waals surface area contributed by atoms with Crippen molar-refractivity contribution in [2.45, 2.75) is 103 Å². The number of benzene rings is 2. The number of anilines is 4. The van der Waals surface area contributed by atoms with Gasteiger partial charge < -0.3 is 30.1 Å². The first-order valence-electron chi connectivity index (χ1n) is 24.9. The minimum Gasteiger partial charge on any atom is -0.495 e. The number of piperazine rings is 1. The summed E-state index contributed by atoms with van der Waals surface area (Å²) in [5.41, 5.74) is 3.19. The SMILES string of the molecule is CC[C@@H]1c2nnc(C)n2-c2cnc(Nc3ccc(C(=O)NC4CCN(C(=O)CN5CCN(c6ccc7c(=O)n(C8CCC(=O)NC8=O)nc(C)c7c6)CC5)CC4)cc3OC)nc2N1CC1CCCCC1. The molecule has 5 aliphatic rings. The summed E-state index contributed by atoms with van der Waals surface area (Å²) in [6.45, 7) is 11.1. The number of amides is 4. The van der Waals surface area contributed by atoms with Crippen LogP contribution in [-0.2, 0) is 14.4 Å². The Morgan fingerprint density at radius 1 is 0.886 bits per heavy atom. The summed E-state index contributed by atoms with van der Waals surface area (Å²) in [6.07, 6.45) is 10.6. The van der Waals surface area contributed by atoms with Crippen molar-refractivity contribution in [2.75, 3.05) is 74.6 Å². The summed E-state index contributed by atoms with van der Waals surface area (Å²) in [5, 5.41) is 23.6. The molecule has 1 unspecified atom stereocenters. The van der Waals surface area contributed by atoms with E-state index in [0.717, 1.165) is 47.2 Å². The highest BCUT2D eigenvalue weighted by Crippen LogP contribution is 2.41. The highest BCUT2D eigenvalue weighted by Gasteiger charge is 2.37. The first-order chi connectivity index (χ1) is 34.0. The molecule has 3 N–H and O–H groups in total. The van der Waals surface area contributed by atoms with E-state index in [-0.39, 0.29) is 48.2 Å². The third-order valence-electron chi connectivity index (χ3n) is 14.9. The average Bonchev–Trinajstić information content (AvgIpc) is 3.76. The molecule has 5 aromatic rings. The van der Waals surface area contributed by atoms with Crippen LogP contribution in [0.3, 0.4) is 0 Å². The second-order valence-electron chi connectivity index (χ2n) is 19.4. The molecule has 0 radical (unpaired) electrons. The molecular formula is C50H62N14O6. The summed E-state index contributed by atoms with van der Waals surface area (Å²) < 4.78 is 9.07. The molecule has 70 heavy (non-hydrogen) atoms. The Labute approximate surface area is 406 Å². The van der Waals surface area contributed by atoms with Crippen molar-refractivity contribution in [3.05, 3.63) is 75.9 Å². The van der Waals surface area contributed by atoms with Crippen LogP contribution in [0.5, 0.6) is 5.75 Å². The maximum atomic E-state index is 13.6. The lowest BCUT2D eigenvalue weighted by molar-refractivity contribution is -0.136. The zero-order chi connectivity index (χ0) is 48.6. The molecule has 2 atom stereocenters. The number of carbonyl (C=O) groups is 4. The van der Waals surface area contributed by atoms with E-state index in [0.29, 0.717) is 98.6 Å². The molecule has 368 valence electrons. The van der Waals surface area contributed by atoms with Gasteiger partial charge in [-0.2, -0.15) is 10.1 Å². The van der Waals surface area contributed by atoms with Crippen LogP contribution in [-0.4, -0.2) is 133 Å². The van der Waals surface area contributed by atoms with Gasteiger partial charge in [-0.15, -0.1) is 10.2 Å². The number of fused-ring (bicyclic) bond motifs is 4. The van der Waals surface area contributed by atoms with Crippen molar-refractivity contribution in [1.29, 1.82) is 0 Å². The fourth-order valence-corrected chi connectivity index (χ4v) is 11.0. The summed E-state index contributed by atoms with van der Waals surface area (Å²) in [4.78, 5) is 83.3. The summed E-state index contributed by atoms with van der Waals surface area (Å²) in [6, 6.07) is 10.1. The van der Waals surface area contributed by atoms with Crippen LogP contribution in [0.15, 0.2) is 47.4 Å². The molecule has 3 aromatic heterocycles. The van der Waals surface area contributed by atoms with Gasteiger partial charge in [0.15, 0.2) is 11.6 Å². The number of aromatic nitrogens is 7. The van der Waals surface area contributed by atoms with Crippen molar-refractivity contribution in [2.24, 2.45) is 5.92 Å². The highest BCUT2D eigenvalue weighted by molar-refractivity contribution is 5.99. The lowest BCUT2D eigenvalue weighted by Gasteiger charge is -2.39. The molecule has 0 bridgehead atoms. The second-order valence-corrected chi connectivity index (χ2v) is 19.4. The van der Waals surface area contributed by atoms with Gasteiger partial charge in [0.2, 0.25) is 17.8 Å². The van der Waals surface area contributed by atoms with Crippen LogP contribution in [0.1, 0.15) is 111 Å². The van der Waals surface area contributed by atoms with Gasteiger partial charge in [0.25, 0.3) is 17.4 Å². The number of rotatable bonds is 12. The van der Waals surface area contributed by atoms with Gasteiger partial charge in [0.05, 0.1) is 42.7 Å². The molecule has 20 nitrogen and oxygen atoms in total. The molecule has 4 amide bonds.